The molecular formula is C19H18ClNO6. The van der Waals surface area contributed by atoms with E-state index in [9.17, 15) is 9.59 Å². The maximum atomic E-state index is 12.3. The van der Waals surface area contributed by atoms with Gasteiger partial charge in [0.1, 0.15) is 11.3 Å². The van der Waals surface area contributed by atoms with Crippen LogP contribution in [0, 0.1) is 0 Å². The van der Waals surface area contributed by atoms with Gasteiger partial charge in [-0.05, 0) is 42.8 Å². The van der Waals surface area contributed by atoms with E-state index in [0.717, 1.165) is 5.56 Å². The summed E-state index contributed by atoms with van der Waals surface area (Å²) < 4.78 is 20.9. The Morgan fingerprint density at radius 1 is 1.19 bits per heavy atom. The van der Waals surface area contributed by atoms with Gasteiger partial charge in [-0.2, -0.15) is 0 Å². The normalized spacial score (nSPS) is 13.0. The highest BCUT2D eigenvalue weighted by Crippen LogP contribution is 2.32. The van der Waals surface area contributed by atoms with Gasteiger partial charge in [0.2, 0.25) is 6.79 Å². The van der Waals surface area contributed by atoms with Crippen LogP contribution in [0.3, 0.4) is 0 Å². The summed E-state index contributed by atoms with van der Waals surface area (Å²) in [6.45, 7) is 1.94. The van der Waals surface area contributed by atoms with E-state index in [1.54, 1.807) is 24.3 Å². The van der Waals surface area contributed by atoms with Gasteiger partial charge in [0.15, 0.2) is 17.6 Å². The van der Waals surface area contributed by atoms with Crippen LogP contribution in [0.25, 0.3) is 0 Å². The Hall–Kier alpha value is -2.93. The number of esters is 1. The maximum Gasteiger partial charge on any atom is 0.342 e. The van der Waals surface area contributed by atoms with Gasteiger partial charge in [-0.25, -0.2) is 4.79 Å². The first-order valence-electron chi connectivity index (χ1n) is 8.18. The van der Waals surface area contributed by atoms with E-state index in [0.29, 0.717) is 22.3 Å². The highest BCUT2D eigenvalue weighted by molar-refractivity contribution is 6.31. The van der Waals surface area contributed by atoms with Crippen LogP contribution in [0.1, 0.15) is 22.8 Å². The molecule has 7 nitrogen and oxygen atoms in total. The smallest absolute Gasteiger partial charge is 0.342 e. The Bertz CT molecular complexity index is 869. The molecule has 1 heterocycles. The molecule has 0 saturated heterocycles. The number of halogens is 1. The molecule has 0 saturated carbocycles. The second kappa shape index (κ2) is 8.18. The fourth-order valence-corrected chi connectivity index (χ4v) is 2.67. The number of carbonyl (C=O) groups excluding carboxylic acids is 2. The summed E-state index contributed by atoms with van der Waals surface area (Å²) in [5.41, 5.74) is 0.989. The molecule has 1 aliphatic rings. The zero-order chi connectivity index (χ0) is 19.4. The average molecular weight is 392 g/mol. The minimum atomic E-state index is -0.991. The quantitative estimate of drug-likeness (QED) is 0.762. The molecule has 142 valence electrons. The Morgan fingerprint density at radius 2 is 1.96 bits per heavy atom. The van der Waals surface area contributed by atoms with E-state index in [2.05, 4.69) is 5.32 Å². The average Bonchev–Trinajstić information content (AvgIpc) is 3.13. The van der Waals surface area contributed by atoms with Gasteiger partial charge in [-0.1, -0.05) is 17.7 Å². The van der Waals surface area contributed by atoms with Crippen molar-refractivity contribution in [3.05, 3.63) is 52.5 Å². The van der Waals surface area contributed by atoms with Gasteiger partial charge < -0.3 is 24.3 Å². The lowest BCUT2D eigenvalue weighted by atomic mass is 10.2. The van der Waals surface area contributed by atoms with Crippen molar-refractivity contribution < 1.29 is 28.5 Å². The van der Waals surface area contributed by atoms with Crippen LogP contribution in [0.4, 0.5) is 0 Å². The van der Waals surface area contributed by atoms with Crippen molar-refractivity contribution in [3.8, 4) is 17.2 Å². The van der Waals surface area contributed by atoms with Gasteiger partial charge in [0, 0.05) is 11.6 Å². The summed E-state index contributed by atoms with van der Waals surface area (Å²) in [5.74, 6) is 0.497. The predicted molar refractivity (Wildman–Crippen MR) is 97.3 cm³/mol. The Morgan fingerprint density at radius 3 is 2.74 bits per heavy atom. The van der Waals surface area contributed by atoms with Gasteiger partial charge in [-0.15, -0.1) is 0 Å². The fourth-order valence-electron chi connectivity index (χ4n) is 2.50. The van der Waals surface area contributed by atoms with Gasteiger partial charge in [-0.3, -0.25) is 4.79 Å². The molecule has 0 spiro atoms. The number of hydrogen-bond acceptors (Lipinski definition) is 6. The van der Waals surface area contributed by atoms with Crippen molar-refractivity contribution in [2.75, 3.05) is 13.9 Å². The number of rotatable bonds is 6. The minimum Gasteiger partial charge on any atom is -0.496 e. The summed E-state index contributed by atoms with van der Waals surface area (Å²) >= 11 is 5.91. The van der Waals surface area contributed by atoms with Gasteiger partial charge in [0.25, 0.3) is 5.91 Å². The van der Waals surface area contributed by atoms with E-state index in [4.69, 9.17) is 30.5 Å². The highest BCUT2D eigenvalue weighted by atomic mass is 35.5. The molecule has 1 unspecified atom stereocenters. The Kier molecular flexibility index (Phi) is 5.71. The molecular weight excluding hydrogens is 374 g/mol. The SMILES string of the molecule is COc1ccc(Cl)cc1C(=O)OC(C)C(=O)NCc1ccc2c(c1)OCO2. The summed E-state index contributed by atoms with van der Waals surface area (Å²) in [6.07, 6.45) is -0.991. The third kappa shape index (κ3) is 4.43. The molecule has 8 heteroatoms. The van der Waals surface area contributed by atoms with Crippen LogP contribution in [-0.4, -0.2) is 31.9 Å². The van der Waals surface area contributed by atoms with E-state index in [1.807, 2.05) is 6.07 Å². The van der Waals surface area contributed by atoms with Crippen molar-refractivity contribution >= 4 is 23.5 Å². The second-order valence-corrected chi connectivity index (χ2v) is 6.23. The summed E-state index contributed by atoms with van der Waals surface area (Å²) in [4.78, 5) is 24.6. The van der Waals surface area contributed by atoms with Crippen molar-refractivity contribution in [2.24, 2.45) is 0 Å². The summed E-state index contributed by atoms with van der Waals surface area (Å²) in [7, 11) is 1.43. The second-order valence-electron chi connectivity index (χ2n) is 5.80. The van der Waals surface area contributed by atoms with Crippen LogP contribution >= 0.6 is 11.6 Å². The molecule has 2 aromatic carbocycles. The first kappa shape index (κ1) is 18.8. The number of carbonyl (C=O) groups is 2. The van der Waals surface area contributed by atoms with Gasteiger partial charge >= 0.3 is 5.97 Å². The number of fused-ring (bicyclic) bond motifs is 1. The van der Waals surface area contributed by atoms with Crippen molar-refractivity contribution in [3.63, 3.8) is 0 Å². The molecule has 2 aromatic rings. The van der Waals surface area contributed by atoms with Crippen molar-refractivity contribution in [1.82, 2.24) is 5.32 Å². The number of amides is 1. The molecule has 1 atom stereocenters. The zero-order valence-electron chi connectivity index (χ0n) is 14.8. The predicted octanol–water partition coefficient (Wildman–Crippen LogP) is 2.94. The molecule has 0 bridgehead atoms. The van der Waals surface area contributed by atoms with Crippen LogP contribution in [-0.2, 0) is 16.1 Å². The standard InChI is InChI=1S/C19H18ClNO6/c1-11(27-19(23)14-8-13(20)4-6-15(14)24-2)18(22)21-9-12-3-5-16-17(7-12)26-10-25-16/h3-8,11H,9-10H2,1-2H3,(H,21,22). The molecule has 27 heavy (non-hydrogen) atoms. The van der Waals surface area contributed by atoms with Crippen LogP contribution in [0.2, 0.25) is 5.02 Å². The summed E-state index contributed by atoms with van der Waals surface area (Å²) in [6, 6.07) is 9.97. The lowest BCUT2D eigenvalue weighted by Gasteiger charge is -2.15. The monoisotopic (exact) mass is 391 g/mol. The molecule has 1 aliphatic heterocycles. The molecule has 0 radical (unpaired) electrons. The molecule has 1 N–H and O–H groups in total. The topological polar surface area (TPSA) is 83.1 Å². The van der Waals surface area contributed by atoms with Crippen molar-refractivity contribution in [1.29, 1.82) is 0 Å². The van der Waals surface area contributed by atoms with Crippen LogP contribution in [0.5, 0.6) is 17.2 Å². The molecule has 1 amide bonds. The third-order valence-corrected chi connectivity index (χ3v) is 4.17. The molecule has 0 fully saturated rings. The number of hydrogen-bond donors (Lipinski definition) is 1. The summed E-state index contributed by atoms with van der Waals surface area (Å²) in [5, 5.41) is 3.08. The van der Waals surface area contributed by atoms with Crippen molar-refractivity contribution in [2.45, 2.75) is 19.6 Å². The fraction of sp³-hybridized carbons (Fsp3) is 0.263. The first-order valence-corrected chi connectivity index (χ1v) is 8.56. The number of nitrogens with one attached hydrogen (secondary N) is 1. The molecule has 0 aliphatic carbocycles. The first-order chi connectivity index (χ1) is 13.0. The van der Waals surface area contributed by atoms with E-state index in [1.165, 1.54) is 20.1 Å². The number of ether oxygens (including phenoxy) is 4. The van der Waals surface area contributed by atoms with Gasteiger partial charge in [0.05, 0.1) is 7.11 Å². The lowest BCUT2D eigenvalue weighted by molar-refractivity contribution is -0.129. The van der Waals surface area contributed by atoms with E-state index < -0.39 is 18.0 Å². The number of benzene rings is 2. The largest absolute Gasteiger partial charge is 0.496 e. The van der Waals surface area contributed by atoms with Crippen LogP contribution in [0.15, 0.2) is 36.4 Å². The van der Waals surface area contributed by atoms with Crippen LogP contribution < -0.4 is 19.5 Å². The third-order valence-electron chi connectivity index (χ3n) is 3.94. The maximum absolute atomic E-state index is 12.3. The molecule has 0 aromatic heterocycles. The zero-order valence-corrected chi connectivity index (χ0v) is 15.5. The number of methoxy groups -OCH3 is 1. The highest BCUT2D eigenvalue weighted by Gasteiger charge is 2.22. The van der Waals surface area contributed by atoms with E-state index >= 15 is 0 Å². The Balaban J connectivity index is 1.57. The molecule has 3 rings (SSSR count). The Labute approximate surface area is 161 Å². The minimum absolute atomic E-state index is 0.153. The lowest BCUT2D eigenvalue weighted by Crippen LogP contribution is -2.35. The van der Waals surface area contributed by atoms with E-state index in [-0.39, 0.29) is 18.9 Å².